The molecule has 48 valence electrons. The first kappa shape index (κ1) is 4.85. The number of fused-ring (bicyclic) bond motifs is 1. The molecule has 0 fully saturated rings. The third kappa shape index (κ3) is 0.608. The van der Waals surface area contributed by atoms with E-state index in [-0.39, 0.29) is 0 Å². The summed E-state index contributed by atoms with van der Waals surface area (Å²) in [6, 6.07) is 0. The predicted molar refractivity (Wildman–Crippen MR) is 29.3 cm³/mol. The van der Waals surface area contributed by atoms with E-state index >= 15 is 0 Å². The minimum atomic E-state index is -0.556. The van der Waals surface area contributed by atoms with Crippen LogP contribution >= 0.6 is 0 Å². The molecule has 0 atom stereocenters. The molecule has 0 unspecified atom stereocenters. The second-order valence-corrected chi connectivity index (χ2v) is 2.15. The normalized spacial score (nSPS) is 16.0. The minimum absolute atomic E-state index is 0.556. The minimum Gasteiger partial charge on any atom is -0.396 e. The Balaban J connectivity index is 2.64. The molecule has 0 bridgehead atoms. The van der Waals surface area contributed by atoms with Crippen molar-refractivity contribution in [2.45, 2.75) is 19.3 Å². The second-order valence-electron chi connectivity index (χ2n) is 2.15. The van der Waals surface area contributed by atoms with Crippen LogP contribution in [0.5, 0.6) is 0 Å². The van der Waals surface area contributed by atoms with Crippen molar-refractivity contribution in [3.63, 3.8) is 0 Å². The van der Waals surface area contributed by atoms with E-state index in [2.05, 4.69) is 0 Å². The van der Waals surface area contributed by atoms with Gasteiger partial charge in [0.25, 0.3) is 0 Å². The molecular weight excluding hydrogens is 120 g/mol. The van der Waals surface area contributed by atoms with Crippen molar-refractivity contribution in [1.29, 1.82) is 0 Å². The van der Waals surface area contributed by atoms with E-state index in [1.54, 1.807) is 0 Å². The molecule has 0 spiro atoms. The van der Waals surface area contributed by atoms with Gasteiger partial charge < -0.3 is 8.83 Å². The average molecular weight is 126 g/mol. The van der Waals surface area contributed by atoms with Crippen LogP contribution in [-0.4, -0.2) is 0 Å². The molecule has 0 amide bonds. The number of hydrogen-bond donors (Lipinski definition) is 0. The smallest absolute Gasteiger partial charge is 0.396 e. The summed E-state index contributed by atoms with van der Waals surface area (Å²) >= 11 is 0. The van der Waals surface area contributed by atoms with Crippen LogP contribution in [0, 0.1) is 0 Å². The van der Waals surface area contributed by atoms with Crippen molar-refractivity contribution in [2.75, 3.05) is 0 Å². The lowest BCUT2D eigenvalue weighted by Gasteiger charge is -1.75. The summed E-state index contributed by atoms with van der Waals surface area (Å²) in [5.74, 6) is 0.944. The molecule has 0 radical (unpaired) electrons. The molecule has 9 heavy (non-hydrogen) atoms. The van der Waals surface area contributed by atoms with Gasteiger partial charge in [-0.2, -0.15) is 0 Å². The van der Waals surface area contributed by atoms with Crippen molar-refractivity contribution in [1.82, 2.24) is 0 Å². The van der Waals surface area contributed by atoms with Gasteiger partial charge in [-0.25, -0.2) is 4.79 Å². The summed E-state index contributed by atoms with van der Waals surface area (Å²) in [4.78, 5) is 10.4. The van der Waals surface area contributed by atoms with Crippen LogP contribution in [0.15, 0.2) is 13.6 Å². The molecule has 0 saturated carbocycles. The Hall–Kier alpha value is -0.990. The van der Waals surface area contributed by atoms with Gasteiger partial charge in [0.15, 0.2) is 0 Å². The van der Waals surface area contributed by atoms with Crippen LogP contribution < -0.4 is 5.82 Å². The topological polar surface area (TPSA) is 43.4 Å². The summed E-state index contributed by atoms with van der Waals surface area (Å²) in [5, 5.41) is 0. The highest BCUT2D eigenvalue weighted by Crippen LogP contribution is 2.19. The Kier molecular flexibility index (Phi) is 0.806. The van der Waals surface area contributed by atoms with Crippen molar-refractivity contribution >= 4 is 0 Å². The lowest BCUT2D eigenvalue weighted by molar-refractivity contribution is 0.356. The van der Waals surface area contributed by atoms with E-state index in [4.69, 9.17) is 8.83 Å². The summed E-state index contributed by atoms with van der Waals surface area (Å²) in [7, 11) is 0. The molecule has 3 nitrogen and oxygen atoms in total. The third-order valence-corrected chi connectivity index (χ3v) is 1.53. The molecule has 0 aromatic carbocycles. The molecule has 1 aliphatic carbocycles. The van der Waals surface area contributed by atoms with E-state index in [1.807, 2.05) is 0 Å². The van der Waals surface area contributed by atoms with Crippen molar-refractivity contribution in [3.05, 3.63) is 22.1 Å². The maximum atomic E-state index is 10.4. The van der Waals surface area contributed by atoms with Crippen LogP contribution in [0.3, 0.4) is 0 Å². The first-order valence-electron chi connectivity index (χ1n) is 2.98. The second kappa shape index (κ2) is 1.50. The molecule has 0 saturated heterocycles. The van der Waals surface area contributed by atoms with E-state index in [9.17, 15) is 4.79 Å². The molecule has 3 heteroatoms. The van der Waals surface area contributed by atoms with Gasteiger partial charge >= 0.3 is 5.82 Å². The van der Waals surface area contributed by atoms with Crippen LogP contribution in [0.4, 0.5) is 0 Å². The van der Waals surface area contributed by atoms with Gasteiger partial charge in [0.1, 0.15) is 11.5 Å². The van der Waals surface area contributed by atoms with Crippen LogP contribution in [0.1, 0.15) is 17.9 Å². The fourth-order valence-corrected chi connectivity index (χ4v) is 1.13. The summed E-state index contributed by atoms with van der Waals surface area (Å²) in [6.45, 7) is 0. The van der Waals surface area contributed by atoms with E-state index in [1.165, 1.54) is 0 Å². The van der Waals surface area contributed by atoms with Gasteiger partial charge in [-0.05, 0) is 6.42 Å². The van der Waals surface area contributed by atoms with Crippen LogP contribution in [-0.2, 0) is 12.8 Å². The highest BCUT2D eigenvalue weighted by Gasteiger charge is 2.17. The highest BCUT2D eigenvalue weighted by atomic mass is 16.6. The van der Waals surface area contributed by atoms with Gasteiger partial charge in [-0.3, -0.25) is 0 Å². The van der Waals surface area contributed by atoms with E-state index in [0.29, 0.717) is 0 Å². The maximum Gasteiger partial charge on any atom is 0.519 e. The number of aryl methyl sites for hydroxylation is 2. The molecule has 1 aromatic rings. The van der Waals surface area contributed by atoms with Crippen LogP contribution in [0.25, 0.3) is 0 Å². The van der Waals surface area contributed by atoms with E-state index in [0.717, 1.165) is 30.8 Å². The van der Waals surface area contributed by atoms with Gasteiger partial charge in [-0.15, -0.1) is 0 Å². The highest BCUT2D eigenvalue weighted by molar-refractivity contribution is 5.09. The Morgan fingerprint density at radius 1 is 1.11 bits per heavy atom. The zero-order valence-electron chi connectivity index (χ0n) is 4.85. The lowest BCUT2D eigenvalue weighted by Crippen LogP contribution is -1.88. The van der Waals surface area contributed by atoms with Gasteiger partial charge in [0.05, 0.1) is 0 Å². The largest absolute Gasteiger partial charge is 0.519 e. The monoisotopic (exact) mass is 126 g/mol. The molecular formula is C6H6O3. The maximum absolute atomic E-state index is 10.4. The summed E-state index contributed by atoms with van der Waals surface area (Å²) in [6.07, 6.45) is 2.78. The zero-order valence-corrected chi connectivity index (χ0v) is 4.85. The summed E-state index contributed by atoms with van der Waals surface area (Å²) in [5.41, 5.74) is 0. The van der Waals surface area contributed by atoms with Crippen LogP contribution in [0.2, 0.25) is 0 Å². The van der Waals surface area contributed by atoms with Crippen molar-refractivity contribution in [3.8, 4) is 0 Å². The Morgan fingerprint density at radius 3 is 2.22 bits per heavy atom. The Labute approximate surface area is 51.3 Å². The molecule has 0 N–H and O–H groups in total. The number of rotatable bonds is 0. The first-order chi connectivity index (χ1) is 4.36. The standard InChI is InChI=1S/C6H6O3/c7-6-8-4-2-1-3-5(4)9-6/h1-3H2. The van der Waals surface area contributed by atoms with E-state index < -0.39 is 5.82 Å². The molecule has 1 aliphatic rings. The predicted octanol–water partition coefficient (Wildman–Crippen LogP) is 0.722. The quantitative estimate of drug-likeness (QED) is 0.514. The van der Waals surface area contributed by atoms with Gasteiger partial charge in [-0.1, -0.05) is 0 Å². The lowest BCUT2D eigenvalue weighted by atomic mass is 10.4. The fourth-order valence-electron chi connectivity index (χ4n) is 1.13. The third-order valence-electron chi connectivity index (χ3n) is 1.53. The first-order valence-corrected chi connectivity index (χ1v) is 2.98. The zero-order chi connectivity index (χ0) is 6.27. The van der Waals surface area contributed by atoms with Crippen molar-refractivity contribution in [2.24, 2.45) is 0 Å². The van der Waals surface area contributed by atoms with Gasteiger partial charge in [0, 0.05) is 12.8 Å². The summed E-state index contributed by atoms with van der Waals surface area (Å²) < 4.78 is 9.41. The van der Waals surface area contributed by atoms with Gasteiger partial charge in [0.2, 0.25) is 0 Å². The van der Waals surface area contributed by atoms with Crippen molar-refractivity contribution < 1.29 is 8.83 Å². The number of hydrogen-bond acceptors (Lipinski definition) is 3. The SMILES string of the molecule is O=c1oc2c(o1)CCC2. The molecule has 1 aromatic heterocycles. The average Bonchev–Trinajstić information content (AvgIpc) is 2.22. The fraction of sp³-hybridized carbons (Fsp3) is 0.500. The molecule has 1 heterocycles. The molecule has 2 rings (SSSR count). The Morgan fingerprint density at radius 2 is 1.67 bits per heavy atom. The Bertz CT molecular complexity index is 244. The molecule has 0 aliphatic heterocycles.